The first kappa shape index (κ1) is 14.7. The molecule has 1 unspecified atom stereocenters. The molecule has 1 amide bonds. The number of hydrogen-bond donors (Lipinski definition) is 1. The highest BCUT2D eigenvalue weighted by Gasteiger charge is 2.33. The molecule has 0 bridgehead atoms. The van der Waals surface area contributed by atoms with Gasteiger partial charge in [0, 0.05) is 19.4 Å². The molecule has 3 rings (SSSR count). The summed E-state index contributed by atoms with van der Waals surface area (Å²) in [6.45, 7) is 0.500. The Morgan fingerprint density at radius 1 is 1.50 bits per heavy atom. The van der Waals surface area contributed by atoms with E-state index in [1.165, 1.54) is 16.2 Å². The van der Waals surface area contributed by atoms with Crippen LogP contribution in [0.1, 0.15) is 25.2 Å². The maximum absolute atomic E-state index is 12.1. The molecule has 0 spiro atoms. The molecule has 8 heteroatoms. The molecular weight excluding hydrogens is 306 g/mol. The number of aliphatic carboxylic acids is 1. The van der Waals surface area contributed by atoms with E-state index in [0.717, 1.165) is 11.3 Å². The van der Waals surface area contributed by atoms with Crippen LogP contribution >= 0.6 is 11.3 Å². The lowest BCUT2D eigenvalue weighted by Gasteiger charge is -2.20. The zero-order chi connectivity index (χ0) is 15.5. The van der Waals surface area contributed by atoms with E-state index in [2.05, 4.69) is 10.1 Å². The van der Waals surface area contributed by atoms with Crippen molar-refractivity contribution in [3.05, 3.63) is 23.4 Å². The van der Waals surface area contributed by atoms with Gasteiger partial charge in [-0.2, -0.15) is 4.98 Å². The maximum Gasteiger partial charge on any atom is 0.326 e. The number of carboxylic acids is 1. The van der Waals surface area contributed by atoms with Crippen molar-refractivity contribution in [1.82, 2.24) is 15.0 Å². The molecule has 1 fully saturated rings. The molecule has 2 aromatic heterocycles. The highest BCUT2D eigenvalue weighted by atomic mass is 32.1. The molecule has 1 aliphatic rings. The number of carbonyl (C=O) groups is 2. The van der Waals surface area contributed by atoms with Crippen LogP contribution in [0.2, 0.25) is 0 Å². The number of carbonyl (C=O) groups excluding carboxylic acids is 1. The summed E-state index contributed by atoms with van der Waals surface area (Å²) in [6, 6.07) is 3.10. The molecule has 116 valence electrons. The lowest BCUT2D eigenvalue weighted by Crippen LogP contribution is -2.40. The molecule has 0 aliphatic carbocycles. The zero-order valence-electron chi connectivity index (χ0n) is 11.8. The summed E-state index contributed by atoms with van der Waals surface area (Å²) < 4.78 is 5.13. The fraction of sp³-hybridized carbons (Fsp3) is 0.429. The number of carboxylic acid groups (broad SMARTS) is 1. The lowest BCUT2D eigenvalue weighted by molar-refractivity contribution is -0.148. The molecule has 0 saturated carbocycles. The Morgan fingerprint density at radius 3 is 3.09 bits per heavy atom. The summed E-state index contributed by atoms with van der Waals surface area (Å²) in [7, 11) is 0. The summed E-state index contributed by atoms with van der Waals surface area (Å²) >= 11 is 1.51. The van der Waals surface area contributed by atoms with Crippen molar-refractivity contribution >= 4 is 23.2 Å². The first-order chi connectivity index (χ1) is 10.6. The van der Waals surface area contributed by atoms with E-state index in [4.69, 9.17) is 9.63 Å². The molecule has 3 heterocycles. The summed E-state index contributed by atoms with van der Waals surface area (Å²) in [5, 5.41) is 14.9. The van der Waals surface area contributed by atoms with Crippen LogP contribution in [0.4, 0.5) is 0 Å². The molecule has 1 saturated heterocycles. The van der Waals surface area contributed by atoms with Crippen molar-refractivity contribution in [3.63, 3.8) is 0 Å². The lowest BCUT2D eigenvalue weighted by atomic mass is 10.2. The molecule has 1 aliphatic heterocycles. The van der Waals surface area contributed by atoms with Crippen LogP contribution in [0.25, 0.3) is 10.7 Å². The van der Waals surface area contributed by atoms with Gasteiger partial charge in [-0.15, -0.1) is 11.3 Å². The minimum atomic E-state index is -0.941. The number of amides is 1. The smallest absolute Gasteiger partial charge is 0.326 e. The molecule has 22 heavy (non-hydrogen) atoms. The molecule has 1 N–H and O–H groups in total. The standard InChI is InChI=1S/C14H15N3O4S/c18-12(17-7-1-3-9(17)14(19)20)6-5-11-15-13(16-21-11)10-4-2-8-22-10/h2,4,8-9H,1,3,5-7H2,(H,19,20). The average molecular weight is 321 g/mol. The Labute approximate surface area is 130 Å². The van der Waals surface area contributed by atoms with Crippen LogP contribution in [0.3, 0.4) is 0 Å². The van der Waals surface area contributed by atoms with E-state index in [1.54, 1.807) is 0 Å². The minimum Gasteiger partial charge on any atom is -0.480 e. The van der Waals surface area contributed by atoms with Gasteiger partial charge in [-0.3, -0.25) is 4.79 Å². The van der Waals surface area contributed by atoms with Crippen LogP contribution in [-0.4, -0.2) is 44.6 Å². The van der Waals surface area contributed by atoms with Crippen molar-refractivity contribution in [1.29, 1.82) is 0 Å². The van der Waals surface area contributed by atoms with Crippen LogP contribution in [0, 0.1) is 0 Å². The molecule has 1 atom stereocenters. The van der Waals surface area contributed by atoms with E-state index < -0.39 is 12.0 Å². The third-order valence-electron chi connectivity index (χ3n) is 3.62. The van der Waals surface area contributed by atoms with Gasteiger partial charge in [-0.25, -0.2) is 4.79 Å². The second kappa shape index (κ2) is 6.27. The quantitative estimate of drug-likeness (QED) is 0.902. The van der Waals surface area contributed by atoms with Crippen molar-refractivity contribution < 1.29 is 19.2 Å². The van der Waals surface area contributed by atoms with Gasteiger partial charge in [0.15, 0.2) is 0 Å². The van der Waals surface area contributed by atoms with Crippen molar-refractivity contribution in [3.8, 4) is 10.7 Å². The fourth-order valence-corrected chi connectivity index (χ4v) is 3.19. The van der Waals surface area contributed by atoms with E-state index in [1.807, 2.05) is 17.5 Å². The summed E-state index contributed by atoms with van der Waals surface area (Å²) in [5.41, 5.74) is 0. The number of nitrogens with zero attached hydrogens (tertiary/aromatic N) is 3. The van der Waals surface area contributed by atoms with Crippen molar-refractivity contribution in [2.75, 3.05) is 6.54 Å². The topological polar surface area (TPSA) is 96.5 Å². The summed E-state index contributed by atoms with van der Waals surface area (Å²) in [4.78, 5) is 29.8. The van der Waals surface area contributed by atoms with Gasteiger partial charge in [0.05, 0.1) is 4.88 Å². The van der Waals surface area contributed by atoms with Crippen LogP contribution < -0.4 is 0 Å². The SMILES string of the molecule is O=C(O)C1CCCN1C(=O)CCc1nc(-c2cccs2)no1. The monoisotopic (exact) mass is 321 g/mol. The van der Waals surface area contributed by atoms with Gasteiger partial charge < -0.3 is 14.5 Å². The fourth-order valence-electron chi connectivity index (χ4n) is 2.54. The summed E-state index contributed by atoms with van der Waals surface area (Å²) in [5.74, 6) is -0.214. The maximum atomic E-state index is 12.1. The van der Waals surface area contributed by atoms with Crippen LogP contribution in [-0.2, 0) is 16.0 Å². The second-order valence-electron chi connectivity index (χ2n) is 5.07. The van der Waals surface area contributed by atoms with Gasteiger partial charge in [0.25, 0.3) is 0 Å². The summed E-state index contributed by atoms with van der Waals surface area (Å²) in [6.07, 6.45) is 1.74. The first-order valence-electron chi connectivity index (χ1n) is 7.04. The Morgan fingerprint density at radius 2 is 2.36 bits per heavy atom. The zero-order valence-corrected chi connectivity index (χ0v) is 12.6. The molecule has 7 nitrogen and oxygen atoms in total. The minimum absolute atomic E-state index is 0.176. The van der Waals surface area contributed by atoms with Crippen LogP contribution in [0.15, 0.2) is 22.0 Å². The Hall–Kier alpha value is -2.22. The van der Waals surface area contributed by atoms with Gasteiger partial charge in [0.1, 0.15) is 6.04 Å². The van der Waals surface area contributed by atoms with Crippen molar-refractivity contribution in [2.24, 2.45) is 0 Å². The normalized spacial score (nSPS) is 17.8. The van der Waals surface area contributed by atoms with Gasteiger partial charge in [-0.05, 0) is 24.3 Å². The largest absolute Gasteiger partial charge is 0.480 e. The predicted octanol–water partition coefficient (Wildman–Crippen LogP) is 1.81. The van der Waals surface area contributed by atoms with E-state index in [-0.39, 0.29) is 12.3 Å². The Kier molecular flexibility index (Phi) is 4.19. The molecule has 0 aromatic carbocycles. The van der Waals surface area contributed by atoms with Crippen LogP contribution in [0.5, 0.6) is 0 Å². The Balaban J connectivity index is 1.58. The first-order valence-corrected chi connectivity index (χ1v) is 7.92. The predicted molar refractivity (Wildman–Crippen MR) is 78.3 cm³/mol. The van der Waals surface area contributed by atoms with E-state index >= 15 is 0 Å². The molecular formula is C14H15N3O4S. The number of hydrogen-bond acceptors (Lipinski definition) is 6. The second-order valence-corrected chi connectivity index (χ2v) is 6.02. The number of aryl methyl sites for hydroxylation is 1. The molecule has 2 aromatic rings. The molecule has 0 radical (unpaired) electrons. The van der Waals surface area contributed by atoms with E-state index in [9.17, 15) is 9.59 Å². The number of aromatic nitrogens is 2. The highest BCUT2D eigenvalue weighted by molar-refractivity contribution is 7.13. The third-order valence-corrected chi connectivity index (χ3v) is 4.49. The van der Waals surface area contributed by atoms with Gasteiger partial charge >= 0.3 is 5.97 Å². The van der Waals surface area contributed by atoms with Crippen molar-refractivity contribution in [2.45, 2.75) is 31.7 Å². The number of rotatable bonds is 5. The third kappa shape index (κ3) is 3.01. The average Bonchev–Trinajstić information content (AvgIpc) is 3.23. The number of thiophene rings is 1. The highest BCUT2D eigenvalue weighted by Crippen LogP contribution is 2.22. The van der Waals surface area contributed by atoms with Gasteiger partial charge in [-0.1, -0.05) is 11.2 Å². The number of likely N-dealkylation sites (tertiary alicyclic amines) is 1. The van der Waals surface area contributed by atoms with Gasteiger partial charge in [0.2, 0.25) is 17.6 Å². The Bertz CT molecular complexity index is 667. The van der Waals surface area contributed by atoms with E-state index in [0.29, 0.717) is 31.1 Å².